The molecule has 3 rings (SSSR count). The van der Waals surface area contributed by atoms with Crippen molar-refractivity contribution in [3.8, 4) is 0 Å². The van der Waals surface area contributed by atoms with Crippen LogP contribution in [0.1, 0.15) is 70.0 Å². The molecule has 1 aromatic heterocycles. The molecule has 1 amide bonds. The average molecular weight is 320 g/mol. The highest BCUT2D eigenvalue weighted by Crippen LogP contribution is 2.35. The Labute approximate surface area is 138 Å². The lowest BCUT2D eigenvalue weighted by atomic mass is 9.81. The van der Waals surface area contributed by atoms with Gasteiger partial charge in [-0.1, -0.05) is 24.4 Å². The van der Waals surface area contributed by atoms with Gasteiger partial charge in [-0.15, -0.1) is 0 Å². The Morgan fingerprint density at radius 3 is 2.74 bits per heavy atom. The van der Waals surface area contributed by atoms with Crippen LogP contribution in [0.25, 0.3) is 0 Å². The summed E-state index contributed by atoms with van der Waals surface area (Å²) in [6.07, 6.45) is 8.89. The summed E-state index contributed by atoms with van der Waals surface area (Å²) >= 11 is 0. The zero-order valence-electron chi connectivity index (χ0n) is 14.3. The van der Waals surface area contributed by atoms with Gasteiger partial charge in [0.15, 0.2) is 5.82 Å². The van der Waals surface area contributed by atoms with Crippen LogP contribution < -0.4 is 5.32 Å². The number of piperidine rings is 1. The third-order valence-corrected chi connectivity index (χ3v) is 5.36. The van der Waals surface area contributed by atoms with Crippen LogP contribution in [0.4, 0.5) is 0 Å². The molecule has 0 aromatic carbocycles. The highest BCUT2D eigenvalue weighted by atomic mass is 16.5. The van der Waals surface area contributed by atoms with Crippen molar-refractivity contribution in [2.24, 2.45) is 0 Å². The summed E-state index contributed by atoms with van der Waals surface area (Å²) in [6, 6.07) is 0.354. The first kappa shape index (κ1) is 16.4. The van der Waals surface area contributed by atoms with Gasteiger partial charge in [0.25, 0.3) is 0 Å². The Balaban J connectivity index is 1.68. The van der Waals surface area contributed by atoms with Crippen molar-refractivity contribution >= 4 is 5.91 Å². The predicted octanol–water partition coefficient (Wildman–Crippen LogP) is 2.53. The van der Waals surface area contributed by atoms with E-state index < -0.39 is 0 Å². The Hall–Kier alpha value is -1.43. The molecule has 1 unspecified atom stereocenters. The van der Waals surface area contributed by atoms with Gasteiger partial charge in [0.2, 0.25) is 11.8 Å². The number of carbonyl (C=O) groups is 1. The van der Waals surface area contributed by atoms with Gasteiger partial charge in [-0.2, -0.15) is 4.98 Å². The molecule has 6 heteroatoms. The summed E-state index contributed by atoms with van der Waals surface area (Å²) in [5, 5.41) is 7.65. The van der Waals surface area contributed by atoms with Crippen molar-refractivity contribution in [3.05, 3.63) is 11.7 Å². The normalized spacial score (nSPS) is 24.6. The van der Waals surface area contributed by atoms with Gasteiger partial charge in [0.05, 0.1) is 12.1 Å². The first-order valence-electron chi connectivity index (χ1n) is 8.96. The third kappa shape index (κ3) is 3.57. The Bertz CT molecular complexity index is 536. The van der Waals surface area contributed by atoms with Gasteiger partial charge in [-0.25, -0.2) is 0 Å². The summed E-state index contributed by atoms with van der Waals surface area (Å²) in [5.41, 5.74) is -0.301. The summed E-state index contributed by atoms with van der Waals surface area (Å²) in [5.74, 6) is 1.50. The number of hydrogen-bond donors (Lipinski definition) is 1. The maximum Gasteiger partial charge on any atom is 0.236 e. The molecule has 2 fully saturated rings. The number of carbonyl (C=O) groups excluding carboxylic acids is 1. The fourth-order valence-electron chi connectivity index (χ4n) is 3.94. The second kappa shape index (κ2) is 6.99. The molecule has 0 bridgehead atoms. The van der Waals surface area contributed by atoms with Crippen LogP contribution in [-0.4, -0.2) is 40.1 Å². The lowest BCUT2D eigenvalue weighted by molar-refractivity contribution is -0.134. The van der Waals surface area contributed by atoms with Crippen molar-refractivity contribution < 1.29 is 9.32 Å². The molecule has 2 heterocycles. The van der Waals surface area contributed by atoms with Crippen LogP contribution in [0.5, 0.6) is 0 Å². The Morgan fingerprint density at radius 2 is 2.09 bits per heavy atom. The van der Waals surface area contributed by atoms with Gasteiger partial charge >= 0.3 is 0 Å². The molecule has 1 aromatic rings. The average Bonchev–Trinajstić information content (AvgIpc) is 3.01. The van der Waals surface area contributed by atoms with E-state index in [0.29, 0.717) is 24.3 Å². The molecule has 23 heavy (non-hydrogen) atoms. The first-order valence-corrected chi connectivity index (χ1v) is 8.96. The Kier molecular flexibility index (Phi) is 4.99. The van der Waals surface area contributed by atoms with E-state index in [1.54, 1.807) is 0 Å². The summed E-state index contributed by atoms with van der Waals surface area (Å²) in [4.78, 5) is 19.1. The molecule has 6 nitrogen and oxygen atoms in total. The number of rotatable bonds is 4. The smallest absolute Gasteiger partial charge is 0.236 e. The number of amides is 1. The van der Waals surface area contributed by atoms with Gasteiger partial charge in [0, 0.05) is 19.5 Å². The first-order chi connectivity index (χ1) is 11.1. The topological polar surface area (TPSA) is 71.3 Å². The molecular weight excluding hydrogens is 292 g/mol. The minimum Gasteiger partial charge on any atom is -0.340 e. The minimum absolute atomic E-state index is 0.197. The SMILES string of the molecule is Cc1nc(C2(NCC(=O)N3CCCCC3C)CCCCC2)no1. The second-order valence-corrected chi connectivity index (χ2v) is 7.07. The number of likely N-dealkylation sites (tertiary alicyclic amines) is 1. The Morgan fingerprint density at radius 1 is 1.30 bits per heavy atom. The second-order valence-electron chi connectivity index (χ2n) is 7.07. The summed E-state index contributed by atoms with van der Waals surface area (Å²) in [7, 11) is 0. The van der Waals surface area contributed by atoms with E-state index in [1.807, 2.05) is 11.8 Å². The lowest BCUT2D eigenvalue weighted by Crippen LogP contribution is -2.52. The van der Waals surface area contributed by atoms with Gasteiger partial charge in [-0.05, 0) is 39.0 Å². The molecule has 128 valence electrons. The lowest BCUT2D eigenvalue weighted by Gasteiger charge is -2.38. The molecule has 1 saturated heterocycles. The number of hydrogen-bond acceptors (Lipinski definition) is 5. The standard InChI is InChI=1S/C17H28N4O2/c1-13-8-4-7-11-21(13)15(22)12-18-17(9-5-3-6-10-17)16-19-14(2)23-20-16/h13,18H,3-12H2,1-2H3. The van der Waals surface area contributed by atoms with Crippen molar-refractivity contribution in [2.45, 2.75) is 76.8 Å². The van der Waals surface area contributed by atoms with Crippen molar-refractivity contribution in [1.82, 2.24) is 20.4 Å². The predicted molar refractivity (Wildman–Crippen MR) is 86.8 cm³/mol. The zero-order valence-corrected chi connectivity index (χ0v) is 14.3. The number of nitrogens with one attached hydrogen (secondary N) is 1. The van der Waals surface area contributed by atoms with Crippen LogP contribution in [0.3, 0.4) is 0 Å². The van der Waals surface area contributed by atoms with Crippen LogP contribution in [0.15, 0.2) is 4.52 Å². The van der Waals surface area contributed by atoms with Crippen LogP contribution in [0, 0.1) is 6.92 Å². The molecule has 2 aliphatic rings. The van der Waals surface area contributed by atoms with E-state index in [1.165, 1.54) is 12.8 Å². The minimum atomic E-state index is -0.301. The van der Waals surface area contributed by atoms with E-state index in [0.717, 1.165) is 45.1 Å². The van der Waals surface area contributed by atoms with Gasteiger partial charge < -0.3 is 9.42 Å². The molecular formula is C17H28N4O2. The van der Waals surface area contributed by atoms with Crippen LogP contribution in [-0.2, 0) is 10.3 Å². The maximum atomic E-state index is 12.6. The third-order valence-electron chi connectivity index (χ3n) is 5.36. The van der Waals surface area contributed by atoms with E-state index in [2.05, 4.69) is 22.4 Å². The summed E-state index contributed by atoms with van der Waals surface area (Å²) in [6.45, 7) is 5.21. The van der Waals surface area contributed by atoms with E-state index in [9.17, 15) is 4.79 Å². The molecule has 1 aliphatic heterocycles. The fraction of sp³-hybridized carbons (Fsp3) is 0.824. The van der Waals surface area contributed by atoms with Gasteiger partial charge in [0.1, 0.15) is 0 Å². The zero-order chi connectivity index (χ0) is 16.3. The largest absolute Gasteiger partial charge is 0.340 e. The van der Waals surface area contributed by atoms with Crippen LogP contribution in [0.2, 0.25) is 0 Å². The molecule has 1 saturated carbocycles. The summed E-state index contributed by atoms with van der Waals surface area (Å²) < 4.78 is 5.19. The molecule has 1 atom stereocenters. The van der Waals surface area contributed by atoms with E-state index >= 15 is 0 Å². The fourth-order valence-corrected chi connectivity index (χ4v) is 3.94. The van der Waals surface area contributed by atoms with Crippen molar-refractivity contribution in [3.63, 3.8) is 0 Å². The van der Waals surface area contributed by atoms with E-state index in [4.69, 9.17) is 4.52 Å². The monoisotopic (exact) mass is 320 g/mol. The maximum absolute atomic E-state index is 12.6. The molecule has 0 radical (unpaired) electrons. The number of nitrogens with zero attached hydrogens (tertiary/aromatic N) is 3. The molecule has 1 aliphatic carbocycles. The van der Waals surface area contributed by atoms with Crippen molar-refractivity contribution in [2.75, 3.05) is 13.1 Å². The quantitative estimate of drug-likeness (QED) is 0.923. The highest BCUT2D eigenvalue weighted by Gasteiger charge is 2.38. The van der Waals surface area contributed by atoms with Gasteiger partial charge in [-0.3, -0.25) is 10.1 Å². The van der Waals surface area contributed by atoms with Crippen molar-refractivity contribution in [1.29, 1.82) is 0 Å². The highest BCUT2D eigenvalue weighted by molar-refractivity contribution is 5.78. The number of aromatic nitrogens is 2. The van der Waals surface area contributed by atoms with Crippen LogP contribution >= 0.6 is 0 Å². The van der Waals surface area contributed by atoms with E-state index in [-0.39, 0.29) is 11.4 Å². The molecule has 0 spiro atoms. The molecule has 1 N–H and O–H groups in total. The number of aryl methyl sites for hydroxylation is 1.